The van der Waals surface area contributed by atoms with Crippen LogP contribution in [0, 0.1) is 0 Å². The Balaban J connectivity index is 1.47. The molecule has 12 heteroatoms. The highest BCUT2D eigenvalue weighted by atomic mass is 35.5. The van der Waals surface area contributed by atoms with Crippen LogP contribution in [-0.2, 0) is 20.2 Å². The van der Waals surface area contributed by atoms with Gasteiger partial charge in [-0.05, 0) is 36.6 Å². The number of sulfonamides is 1. The second-order valence-electron chi connectivity index (χ2n) is 7.53. The summed E-state index contributed by atoms with van der Waals surface area (Å²) in [5.41, 5.74) is 0.865. The van der Waals surface area contributed by atoms with Crippen molar-refractivity contribution >= 4 is 55.6 Å². The predicted octanol–water partition coefficient (Wildman–Crippen LogP) is 4.12. The summed E-state index contributed by atoms with van der Waals surface area (Å²) in [5, 5.41) is 10.7. The van der Waals surface area contributed by atoms with Gasteiger partial charge in [-0.15, -0.1) is 10.2 Å². The summed E-state index contributed by atoms with van der Waals surface area (Å²) in [6.45, 7) is 1.31. The zero-order valence-electron chi connectivity index (χ0n) is 17.3. The zero-order valence-corrected chi connectivity index (χ0v) is 20.4. The Labute approximate surface area is 205 Å². The van der Waals surface area contributed by atoms with Gasteiger partial charge in [-0.2, -0.15) is 0 Å². The SMILES string of the molecule is O=C(Nc1nnc(S(=O)(=O)NCC2(c3ccccc3)CCOCC2)s1)c1ccc(Cl)cc1Cl. The van der Waals surface area contributed by atoms with E-state index in [9.17, 15) is 13.2 Å². The van der Waals surface area contributed by atoms with Gasteiger partial charge in [0.05, 0.1) is 10.6 Å². The van der Waals surface area contributed by atoms with E-state index in [1.807, 2.05) is 30.3 Å². The fraction of sp³-hybridized carbons (Fsp3) is 0.286. The van der Waals surface area contributed by atoms with Crippen molar-refractivity contribution in [3.63, 3.8) is 0 Å². The van der Waals surface area contributed by atoms with Gasteiger partial charge < -0.3 is 4.74 Å². The van der Waals surface area contributed by atoms with E-state index >= 15 is 0 Å². The van der Waals surface area contributed by atoms with Gasteiger partial charge >= 0.3 is 0 Å². The fourth-order valence-electron chi connectivity index (χ4n) is 3.62. The molecule has 4 rings (SSSR count). The predicted molar refractivity (Wildman–Crippen MR) is 128 cm³/mol. The number of carbonyl (C=O) groups is 1. The highest BCUT2D eigenvalue weighted by Gasteiger charge is 2.36. The van der Waals surface area contributed by atoms with Crippen LogP contribution < -0.4 is 10.0 Å². The topological polar surface area (TPSA) is 110 Å². The third-order valence-corrected chi connectivity index (χ3v) is 8.62. The summed E-state index contributed by atoms with van der Waals surface area (Å²) in [4.78, 5) is 12.5. The maximum atomic E-state index is 12.9. The third-order valence-electron chi connectivity index (χ3n) is 5.47. The zero-order chi connectivity index (χ0) is 23.5. The lowest BCUT2D eigenvalue weighted by molar-refractivity contribution is 0.0517. The molecule has 3 aromatic rings. The van der Waals surface area contributed by atoms with Crippen molar-refractivity contribution in [3.05, 3.63) is 69.7 Å². The monoisotopic (exact) mass is 526 g/mol. The number of rotatable bonds is 7. The lowest BCUT2D eigenvalue weighted by Crippen LogP contribution is -2.44. The summed E-state index contributed by atoms with van der Waals surface area (Å²) >= 11 is 12.7. The summed E-state index contributed by atoms with van der Waals surface area (Å²) in [6, 6.07) is 14.2. The van der Waals surface area contributed by atoms with Gasteiger partial charge in [0.15, 0.2) is 0 Å². The van der Waals surface area contributed by atoms with E-state index in [4.69, 9.17) is 27.9 Å². The standard InChI is InChI=1S/C21H20Cl2N4O4S2/c22-15-6-7-16(17(23)12-15)18(28)25-19-26-27-20(32-19)33(29,30)24-13-21(8-10-31-11-9-21)14-4-2-1-3-5-14/h1-7,12,24H,8-11,13H2,(H,25,26,28). The van der Waals surface area contributed by atoms with Gasteiger partial charge in [0.25, 0.3) is 15.9 Å². The number of benzene rings is 2. The number of hydrogen-bond acceptors (Lipinski definition) is 7. The number of carbonyl (C=O) groups excluding carboxylic acids is 1. The van der Waals surface area contributed by atoms with Crippen LogP contribution in [0.2, 0.25) is 10.0 Å². The average Bonchev–Trinajstić information content (AvgIpc) is 3.28. The second kappa shape index (κ2) is 10.0. The minimum absolute atomic E-state index is 0.0373. The first-order chi connectivity index (χ1) is 15.8. The molecule has 1 amide bonds. The van der Waals surface area contributed by atoms with E-state index in [0.29, 0.717) is 31.1 Å². The van der Waals surface area contributed by atoms with Crippen LogP contribution in [0.3, 0.4) is 0 Å². The van der Waals surface area contributed by atoms with E-state index in [1.165, 1.54) is 18.2 Å². The second-order valence-corrected chi connectivity index (χ2v) is 11.3. The number of halogens is 2. The molecular weight excluding hydrogens is 507 g/mol. The highest BCUT2D eigenvalue weighted by molar-refractivity contribution is 7.91. The molecule has 2 heterocycles. The Hall–Kier alpha value is -2.08. The molecule has 1 aliphatic heterocycles. The number of hydrogen-bond donors (Lipinski definition) is 2. The van der Waals surface area contributed by atoms with E-state index < -0.39 is 15.9 Å². The molecule has 2 aromatic carbocycles. The summed E-state index contributed by atoms with van der Waals surface area (Å²) in [7, 11) is -3.94. The highest BCUT2D eigenvalue weighted by Crippen LogP contribution is 2.35. The van der Waals surface area contributed by atoms with Crippen molar-refractivity contribution < 1.29 is 17.9 Å². The Morgan fingerprint density at radius 3 is 2.52 bits per heavy atom. The van der Waals surface area contributed by atoms with Crippen molar-refractivity contribution in [2.24, 2.45) is 0 Å². The molecule has 0 aliphatic carbocycles. The Morgan fingerprint density at radius 1 is 1.09 bits per heavy atom. The van der Waals surface area contributed by atoms with Crippen LogP contribution in [0.1, 0.15) is 28.8 Å². The number of nitrogens with one attached hydrogen (secondary N) is 2. The molecule has 1 aromatic heterocycles. The van der Waals surface area contributed by atoms with Crippen LogP contribution in [-0.4, -0.2) is 44.3 Å². The first kappa shape index (κ1) is 24.1. The molecule has 33 heavy (non-hydrogen) atoms. The molecule has 0 bridgehead atoms. The minimum Gasteiger partial charge on any atom is -0.381 e. The van der Waals surface area contributed by atoms with Crippen molar-refractivity contribution in [1.29, 1.82) is 0 Å². The maximum absolute atomic E-state index is 12.9. The molecule has 174 valence electrons. The lowest BCUT2D eigenvalue weighted by Gasteiger charge is -2.37. The molecular formula is C21H20Cl2N4O4S2. The fourth-order valence-corrected chi connectivity index (χ4v) is 6.18. The average molecular weight is 527 g/mol. The third kappa shape index (κ3) is 5.53. The molecule has 8 nitrogen and oxygen atoms in total. The minimum atomic E-state index is -3.94. The molecule has 0 spiro atoms. The molecule has 1 saturated heterocycles. The number of anilines is 1. The number of ether oxygens (including phenoxy) is 1. The normalized spacial score (nSPS) is 15.8. The first-order valence-corrected chi connectivity index (χ1v) is 13.1. The van der Waals surface area contributed by atoms with Gasteiger partial charge in [0.2, 0.25) is 9.47 Å². The van der Waals surface area contributed by atoms with Crippen molar-refractivity contribution in [2.75, 3.05) is 25.1 Å². The van der Waals surface area contributed by atoms with E-state index in [0.717, 1.165) is 16.9 Å². The summed E-state index contributed by atoms with van der Waals surface area (Å²) in [5.74, 6) is -0.546. The van der Waals surface area contributed by atoms with Gasteiger partial charge in [0, 0.05) is 30.2 Å². The van der Waals surface area contributed by atoms with E-state index in [-0.39, 0.29) is 32.0 Å². The van der Waals surface area contributed by atoms with Crippen molar-refractivity contribution in [1.82, 2.24) is 14.9 Å². The number of aromatic nitrogens is 2. The largest absolute Gasteiger partial charge is 0.381 e. The number of amides is 1. The quantitative estimate of drug-likeness (QED) is 0.448. The van der Waals surface area contributed by atoms with Crippen molar-refractivity contribution in [3.8, 4) is 0 Å². The van der Waals surface area contributed by atoms with Crippen LogP contribution in [0.15, 0.2) is 52.9 Å². The van der Waals surface area contributed by atoms with Crippen LogP contribution in [0.25, 0.3) is 0 Å². The van der Waals surface area contributed by atoms with Gasteiger partial charge in [-0.3, -0.25) is 10.1 Å². The number of nitrogens with zero attached hydrogens (tertiary/aromatic N) is 2. The summed E-state index contributed by atoms with van der Waals surface area (Å²) in [6.07, 6.45) is 1.39. The Morgan fingerprint density at radius 2 is 1.82 bits per heavy atom. The molecule has 0 radical (unpaired) electrons. The molecule has 0 atom stereocenters. The van der Waals surface area contributed by atoms with Gasteiger partial charge in [0.1, 0.15) is 0 Å². The van der Waals surface area contributed by atoms with Crippen LogP contribution >= 0.6 is 34.5 Å². The molecule has 1 fully saturated rings. The summed E-state index contributed by atoms with van der Waals surface area (Å²) < 4.78 is 33.8. The maximum Gasteiger partial charge on any atom is 0.269 e. The molecule has 0 unspecified atom stereocenters. The van der Waals surface area contributed by atoms with Gasteiger partial charge in [-0.1, -0.05) is 64.9 Å². The van der Waals surface area contributed by atoms with Crippen LogP contribution in [0.4, 0.5) is 5.13 Å². The van der Waals surface area contributed by atoms with Crippen LogP contribution in [0.5, 0.6) is 0 Å². The smallest absolute Gasteiger partial charge is 0.269 e. The molecule has 1 aliphatic rings. The Bertz CT molecular complexity index is 1250. The van der Waals surface area contributed by atoms with Gasteiger partial charge in [-0.25, -0.2) is 13.1 Å². The van der Waals surface area contributed by atoms with E-state index in [2.05, 4.69) is 20.2 Å². The van der Waals surface area contributed by atoms with E-state index in [1.54, 1.807) is 0 Å². The molecule has 2 N–H and O–H groups in total. The van der Waals surface area contributed by atoms with Crippen molar-refractivity contribution in [2.45, 2.75) is 22.6 Å². The molecule has 0 saturated carbocycles. The Kier molecular flexibility index (Phi) is 7.32. The first-order valence-electron chi connectivity index (χ1n) is 10.0. The lowest BCUT2D eigenvalue weighted by atomic mass is 9.74.